The van der Waals surface area contributed by atoms with Gasteiger partial charge >= 0.3 is 0 Å². The van der Waals surface area contributed by atoms with E-state index in [1.807, 2.05) is 0 Å². The van der Waals surface area contributed by atoms with Crippen LogP contribution in [0.1, 0.15) is 95.9 Å². The van der Waals surface area contributed by atoms with Crippen LogP contribution in [0.5, 0.6) is 0 Å². The highest BCUT2D eigenvalue weighted by Gasteiger charge is 2.60. The van der Waals surface area contributed by atoms with Gasteiger partial charge in [-0.3, -0.25) is 0 Å². The van der Waals surface area contributed by atoms with Crippen LogP contribution in [0.4, 0.5) is 0 Å². The van der Waals surface area contributed by atoms with Crippen molar-refractivity contribution < 1.29 is 0 Å². The summed E-state index contributed by atoms with van der Waals surface area (Å²) in [6, 6.07) is 0. The normalized spacial score (nSPS) is 20.1. The van der Waals surface area contributed by atoms with Gasteiger partial charge in [-0.05, 0) is 39.9 Å². The van der Waals surface area contributed by atoms with E-state index in [9.17, 15) is 0 Å². The molecule has 0 saturated carbocycles. The second-order valence-electron chi connectivity index (χ2n) is 9.57. The van der Waals surface area contributed by atoms with Crippen LogP contribution in [0, 0.1) is 33.5 Å². The lowest BCUT2D eigenvalue weighted by atomic mass is 9.39. The van der Waals surface area contributed by atoms with Crippen LogP contribution in [0.2, 0.25) is 0 Å². The lowest BCUT2D eigenvalue weighted by Crippen LogP contribution is -2.59. The van der Waals surface area contributed by atoms with Crippen molar-refractivity contribution in [3.05, 3.63) is 0 Å². The first kappa shape index (κ1) is 20.0. The standard InChI is InChI=1S/C20H42/c1-13-14-19(11,16(4)5)20(12,17(6,7)8)18(9,10)15(2)3/h15-16H,13-14H2,1-12H3. The first-order valence-electron chi connectivity index (χ1n) is 8.70. The van der Waals surface area contributed by atoms with Gasteiger partial charge in [0.2, 0.25) is 0 Å². The molecule has 0 heterocycles. The summed E-state index contributed by atoms with van der Waals surface area (Å²) in [5, 5.41) is 0. The summed E-state index contributed by atoms with van der Waals surface area (Å²) >= 11 is 0. The summed E-state index contributed by atoms with van der Waals surface area (Å²) in [6.07, 6.45) is 2.59. The molecule has 0 aromatic heterocycles. The van der Waals surface area contributed by atoms with Crippen LogP contribution in [0.15, 0.2) is 0 Å². The molecular weight excluding hydrogens is 240 g/mol. The molecule has 0 nitrogen and oxygen atoms in total. The molecule has 2 atom stereocenters. The van der Waals surface area contributed by atoms with E-state index in [-0.39, 0.29) is 10.8 Å². The van der Waals surface area contributed by atoms with Crippen LogP contribution < -0.4 is 0 Å². The predicted molar refractivity (Wildman–Crippen MR) is 94.0 cm³/mol. The predicted octanol–water partition coefficient (Wildman–Crippen LogP) is 7.18. The van der Waals surface area contributed by atoms with E-state index in [4.69, 9.17) is 0 Å². The fourth-order valence-corrected chi connectivity index (χ4v) is 4.77. The number of hydrogen-bond donors (Lipinski definition) is 0. The van der Waals surface area contributed by atoms with Crippen molar-refractivity contribution in [2.24, 2.45) is 33.5 Å². The molecule has 0 fully saturated rings. The lowest BCUT2D eigenvalue weighted by Gasteiger charge is -2.65. The molecule has 0 heteroatoms. The minimum Gasteiger partial charge on any atom is -0.0654 e. The van der Waals surface area contributed by atoms with E-state index in [0.29, 0.717) is 22.7 Å². The van der Waals surface area contributed by atoms with Gasteiger partial charge in [-0.25, -0.2) is 0 Å². The quantitative estimate of drug-likeness (QED) is 0.484. The molecule has 0 amide bonds. The van der Waals surface area contributed by atoms with Crippen LogP contribution >= 0.6 is 0 Å². The molecule has 0 aliphatic rings. The maximum atomic E-state index is 2.57. The van der Waals surface area contributed by atoms with Gasteiger partial charge in [0, 0.05) is 0 Å². The topological polar surface area (TPSA) is 0 Å². The molecule has 0 saturated heterocycles. The van der Waals surface area contributed by atoms with Crippen molar-refractivity contribution in [1.82, 2.24) is 0 Å². The minimum atomic E-state index is 0.283. The van der Waals surface area contributed by atoms with Gasteiger partial charge in [-0.15, -0.1) is 0 Å². The molecule has 2 unspecified atom stereocenters. The van der Waals surface area contributed by atoms with Crippen LogP contribution in [0.3, 0.4) is 0 Å². The second-order valence-corrected chi connectivity index (χ2v) is 9.57. The Hall–Kier alpha value is 0. The average molecular weight is 283 g/mol. The third-order valence-electron chi connectivity index (χ3n) is 7.42. The molecule has 0 rings (SSSR count). The first-order valence-corrected chi connectivity index (χ1v) is 8.70. The van der Waals surface area contributed by atoms with Crippen molar-refractivity contribution in [3.8, 4) is 0 Å². The Kier molecular flexibility index (Phi) is 6.01. The third-order valence-corrected chi connectivity index (χ3v) is 7.42. The molecule has 0 spiro atoms. The zero-order valence-corrected chi connectivity index (χ0v) is 16.6. The minimum absolute atomic E-state index is 0.283. The van der Waals surface area contributed by atoms with Crippen molar-refractivity contribution in [2.45, 2.75) is 95.9 Å². The van der Waals surface area contributed by atoms with Gasteiger partial charge in [0.1, 0.15) is 0 Å². The fraction of sp³-hybridized carbons (Fsp3) is 1.00. The average Bonchev–Trinajstić information content (AvgIpc) is 2.25. The van der Waals surface area contributed by atoms with Gasteiger partial charge in [0.05, 0.1) is 0 Å². The van der Waals surface area contributed by atoms with Gasteiger partial charge in [0.15, 0.2) is 0 Å². The van der Waals surface area contributed by atoms with Crippen molar-refractivity contribution in [2.75, 3.05) is 0 Å². The smallest absolute Gasteiger partial charge is 0.0167 e. The second kappa shape index (κ2) is 6.01. The molecule has 0 aliphatic heterocycles. The Morgan fingerprint density at radius 3 is 1.30 bits per heavy atom. The SMILES string of the molecule is CCCC(C)(C(C)C)C(C)(C(C)(C)C)C(C)(C)C(C)C. The highest BCUT2D eigenvalue weighted by Crippen LogP contribution is 2.67. The zero-order chi connectivity index (χ0) is 16.6. The Balaban J connectivity index is 6.30. The largest absolute Gasteiger partial charge is 0.0654 e. The van der Waals surface area contributed by atoms with Crippen molar-refractivity contribution in [3.63, 3.8) is 0 Å². The maximum Gasteiger partial charge on any atom is -0.0167 e. The van der Waals surface area contributed by atoms with Gasteiger partial charge in [-0.1, -0.05) is 89.5 Å². The molecule has 0 aliphatic carbocycles. The molecule has 0 radical (unpaired) electrons. The Morgan fingerprint density at radius 1 is 0.700 bits per heavy atom. The Bertz CT molecular complexity index is 302. The lowest BCUT2D eigenvalue weighted by molar-refractivity contribution is -0.171. The van der Waals surface area contributed by atoms with Gasteiger partial charge in [-0.2, -0.15) is 0 Å². The molecule has 0 N–H and O–H groups in total. The van der Waals surface area contributed by atoms with E-state index in [1.54, 1.807) is 0 Å². The maximum absolute atomic E-state index is 2.57. The van der Waals surface area contributed by atoms with Crippen LogP contribution in [-0.2, 0) is 0 Å². The van der Waals surface area contributed by atoms with E-state index in [0.717, 1.165) is 0 Å². The molecule has 0 aromatic carbocycles. The number of rotatable bonds is 6. The van der Waals surface area contributed by atoms with Crippen LogP contribution in [0.25, 0.3) is 0 Å². The molecule has 20 heavy (non-hydrogen) atoms. The highest BCUT2D eigenvalue weighted by atomic mass is 14.6. The fourth-order valence-electron chi connectivity index (χ4n) is 4.77. The summed E-state index contributed by atoms with van der Waals surface area (Å²) < 4.78 is 0. The summed E-state index contributed by atoms with van der Waals surface area (Å²) in [4.78, 5) is 0. The summed E-state index contributed by atoms with van der Waals surface area (Å²) in [5.74, 6) is 1.38. The summed E-state index contributed by atoms with van der Waals surface area (Å²) in [7, 11) is 0. The molecule has 122 valence electrons. The first-order chi connectivity index (χ1) is 8.70. The molecular formula is C20H42. The highest BCUT2D eigenvalue weighted by molar-refractivity contribution is 5.08. The van der Waals surface area contributed by atoms with E-state index in [2.05, 4.69) is 83.1 Å². The van der Waals surface area contributed by atoms with Gasteiger partial charge in [0.25, 0.3) is 0 Å². The van der Waals surface area contributed by atoms with E-state index >= 15 is 0 Å². The van der Waals surface area contributed by atoms with Crippen molar-refractivity contribution >= 4 is 0 Å². The van der Waals surface area contributed by atoms with Crippen molar-refractivity contribution in [1.29, 1.82) is 0 Å². The van der Waals surface area contributed by atoms with Gasteiger partial charge < -0.3 is 0 Å². The Morgan fingerprint density at radius 2 is 1.10 bits per heavy atom. The molecule has 0 bridgehead atoms. The molecule has 0 aromatic rings. The van der Waals surface area contributed by atoms with Crippen LogP contribution in [-0.4, -0.2) is 0 Å². The monoisotopic (exact) mass is 282 g/mol. The zero-order valence-electron chi connectivity index (χ0n) is 16.6. The summed E-state index contributed by atoms with van der Waals surface area (Å²) in [6.45, 7) is 29.5. The summed E-state index contributed by atoms with van der Waals surface area (Å²) in [5.41, 5.74) is 1.23. The third kappa shape index (κ3) is 2.81. The Labute approximate surface area is 130 Å². The van der Waals surface area contributed by atoms with E-state index in [1.165, 1.54) is 12.8 Å². The van der Waals surface area contributed by atoms with E-state index < -0.39 is 0 Å². The number of hydrogen-bond acceptors (Lipinski definition) is 0.